The summed E-state index contributed by atoms with van der Waals surface area (Å²) in [6.07, 6.45) is 3.68. The van der Waals surface area contributed by atoms with Gasteiger partial charge < -0.3 is 10.6 Å². The number of aromatic nitrogens is 1. The molecule has 0 aromatic carbocycles. The topological polar surface area (TPSA) is 37.0 Å². The van der Waals surface area contributed by atoms with E-state index in [-0.39, 0.29) is 5.54 Å². The summed E-state index contributed by atoms with van der Waals surface area (Å²) < 4.78 is 0. The third kappa shape index (κ3) is 3.31. The summed E-state index contributed by atoms with van der Waals surface area (Å²) in [5.41, 5.74) is 1.18. The van der Waals surface area contributed by atoms with E-state index in [1.807, 2.05) is 0 Å². The molecule has 0 amide bonds. The Kier molecular flexibility index (Phi) is 4.76. The van der Waals surface area contributed by atoms with Crippen molar-refractivity contribution in [2.45, 2.75) is 45.6 Å². The highest BCUT2D eigenvalue weighted by Crippen LogP contribution is 2.28. The van der Waals surface area contributed by atoms with Crippen LogP contribution >= 0.6 is 11.3 Å². The van der Waals surface area contributed by atoms with Crippen LogP contribution in [0.5, 0.6) is 0 Å². The molecule has 0 aliphatic carbocycles. The standard InChI is InChI=1S/C14H25N3S/c1-4-14(3,13-17-11(2)10-18-13)16-9-12-5-7-15-8-6-12/h10,12,15-16H,4-9H2,1-3H3. The molecule has 1 aliphatic rings. The van der Waals surface area contributed by atoms with E-state index in [1.165, 1.54) is 30.9 Å². The van der Waals surface area contributed by atoms with Crippen molar-refractivity contribution >= 4 is 11.3 Å². The van der Waals surface area contributed by atoms with Crippen LogP contribution in [0, 0.1) is 12.8 Å². The summed E-state index contributed by atoms with van der Waals surface area (Å²) in [6, 6.07) is 0. The molecular weight excluding hydrogens is 242 g/mol. The zero-order valence-electron chi connectivity index (χ0n) is 11.8. The van der Waals surface area contributed by atoms with Crippen LogP contribution in [0.2, 0.25) is 0 Å². The van der Waals surface area contributed by atoms with E-state index >= 15 is 0 Å². The molecule has 1 fully saturated rings. The van der Waals surface area contributed by atoms with E-state index in [1.54, 1.807) is 11.3 Å². The number of nitrogens with zero attached hydrogens (tertiary/aromatic N) is 1. The van der Waals surface area contributed by atoms with Crippen molar-refractivity contribution in [1.29, 1.82) is 0 Å². The second kappa shape index (κ2) is 6.13. The van der Waals surface area contributed by atoms with E-state index in [0.29, 0.717) is 0 Å². The second-order valence-corrected chi connectivity index (χ2v) is 6.41. The molecule has 1 aromatic heterocycles. The first-order valence-corrected chi connectivity index (χ1v) is 7.90. The first-order chi connectivity index (χ1) is 8.64. The van der Waals surface area contributed by atoms with E-state index in [4.69, 9.17) is 0 Å². The van der Waals surface area contributed by atoms with E-state index in [9.17, 15) is 0 Å². The Hall–Kier alpha value is -0.450. The van der Waals surface area contributed by atoms with Gasteiger partial charge in [-0.25, -0.2) is 4.98 Å². The van der Waals surface area contributed by atoms with Crippen molar-refractivity contribution in [2.75, 3.05) is 19.6 Å². The highest BCUT2D eigenvalue weighted by molar-refractivity contribution is 7.09. The van der Waals surface area contributed by atoms with Crippen molar-refractivity contribution < 1.29 is 0 Å². The van der Waals surface area contributed by atoms with E-state index in [2.05, 4.69) is 41.8 Å². The maximum absolute atomic E-state index is 4.66. The smallest absolute Gasteiger partial charge is 0.113 e. The zero-order valence-corrected chi connectivity index (χ0v) is 12.6. The zero-order chi connectivity index (χ0) is 13.0. The summed E-state index contributed by atoms with van der Waals surface area (Å²) in [5.74, 6) is 0.818. The second-order valence-electron chi connectivity index (χ2n) is 5.55. The lowest BCUT2D eigenvalue weighted by Gasteiger charge is -2.31. The maximum Gasteiger partial charge on any atom is 0.113 e. The number of rotatable bonds is 5. The number of thiazole rings is 1. The fraction of sp³-hybridized carbons (Fsp3) is 0.786. The van der Waals surface area contributed by atoms with Gasteiger partial charge in [0, 0.05) is 11.1 Å². The predicted octanol–water partition coefficient (Wildman–Crippen LogP) is 2.67. The van der Waals surface area contributed by atoms with Gasteiger partial charge in [0.05, 0.1) is 5.54 Å². The minimum absolute atomic E-state index is 0.0454. The van der Waals surface area contributed by atoms with Crippen molar-refractivity contribution in [3.63, 3.8) is 0 Å². The Balaban J connectivity index is 1.95. The molecule has 1 saturated heterocycles. The third-order valence-electron chi connectivity index (χ3n) is 4.04. The number of hydrogen-bond donors (Lipinski definition) is 2. The molecule has 0 saturated carbocycles. The molecular formula is C14H25N3S. The average molecular weight is 267 g/mol. The first kappa shape index (κ1) is 14.0. The van der Waals surface area contributed by atoms with Crippen LogP contribution in [0.3, 0.4) is 0 Å². The number of piperidine rings is 1. The van der Waals surface area contributed by atoms with Gasteiger partial charge >= 0.3 is 0 Å². The minimum atomic E-state index is 0.0454. The molecule has 102 valence electrons. The van der Waals surface area contributed by atoms with E-state index < -0.39 is 0 Å². The molecule has 4 heteroatoms. The normalized spacial score (nSPS) is 20.8. The predicted molar refractivity (Wildman–Crippen MR) is 78.1 cm³/mol. The van der Waals surface area contributed by atoms with Gasteiger partial charge in [0.25, 0.3) is 0 Å². The Bertz CT molecular complexity index is 371. The Morgan fingerprint density at radius 1 is 1.50 bits per heavy atom. The minimum Gasteiger partial charge on any atom is -0.317 e. The van der Waals surface area contributed by atoms with Crippen LogP contribution < -0.4 is 10.6 Å². The molecule has 1 atom stereocenters. The molecule has 3 nitrogen and oxygen atoms in total. The van der Waals surface area contributed by atoms with Crippen molar-refractivity contribution in [3.8, 4) is 0 Å². The summed E-state index contributed by atoms with van der Waals surface area (Å²) in [6.45, 7) is 10.1. The molecule has 2 rings (SSSR count). The summed E-state index contributed by atoms with van der Waals surface area (Å²) in [5, 5.41) is 10.6. The first-order valence-electron chi connectivity index (χ1n) is 7.02. The van der Waals surface area contributed by atoms with Gasteiger partial charge in [-0.3, -0.25) is 0 Å². The third-order valence-corrected chi connectivity index (χ3v) is 5.26. The summed E-state index contributed by atoms with van der Waals surface area (Å²) in [4.78, 5) is 4.66. The number of aryl methyl sites for hydroxylation is 1. The van der Waals surface area contributed by atoms with Crippen molar-refractivity contribution in [2.24, 2.45) is 5.92 Å². The van der Waals surface area contributed by atoms with E-state index in [0.717, 1.165) is 24.6 Å². The molecule has 1 aromatic rings. The lowest BCUT2D eigenvalue weighted by atomic mass is 9.94. The lowest BCUT2D eigenvalue weighted by molar-refractivity contribution is 0.284. The van der Waals surface area contributed by atoms with Crippen molar-refractivity contribution in [1.82, 2.24) is 15.6 Å². The highest BCUT2D eigenvalue weighted by atomic mass is 32.1. The van der Waals surface area contributed by atoms with Gasteiger partial charge in [-0.15, -0.1) is 11.3 Å². The van der Waals surface area contributed by atoms with Gasteiger partial charge in [0.2, 0.25) is 0 Å². The molecule has 1 aliphatic heterocycles. The Morgan fingerprint density at radius 3 is 2.78 bits per heavy atom. The largest absolute Gasteiger partial charge is 0.317 e. The SMILES string of the molecule is CCC(C)(NCC1CCNCC1)c1nc(C)cs1. The van der Waals surface area contributed by atoms with Crippen LogP contribution in [0.25, 0.3) is 0 Å². The summed E-state index contributed by atoms with van der Waals surface area (Å²) in [7, 11) is 0. The van der Waals surface area contributed by atoms with Gasteiger partial charge in [0.15, 0.2) is 0 Å². The molecule has 0 radical (unpaired) electrons. The van der Waals surface area contributed by atoms with Crippen LogP contribution in [-0.2, 0) is 5.54 Å². The number of nitrogens with one attached hydrogen (secondary N) is 2. The fourth-order valence-electron chi connectivity index (χ4n) is 2.41. The van der Waals surface area contributed by atoms with Crippen LogP contribution in [0.15, 0.2) is 5.38 Å². The van der Waals surface area contributed by atoms with Gasteiger partial charge in [-0.05, 0) is 58.7 Å². The Labute approximate surface area is 114 Å². The van der Waals surface area contributed by atoms with Crippen LogP contribution in [0.4, 0.5) is 0 Å². The molecule has 2 heterocycles. The fourth-order valence-corrected chi connectivity index (χ4v) is 3.42. The Morgan fingerprint density at radius 2 is 2.22 bits per heavy atom. The van der Waals surface area contributed by atoms with Crippen molar-refractivity contribution in [3.05, 3.63) is 16.1 Å². The molecule has 18 heavy (non-hydrogen) atoms. The maximum atomic E-state index is 4.66. The quantitative estimate of drug-likeness (QED) is 0.861. The lowest BCUT2D eigenvalue weighted by Crippen LogP contribution is -2.43. The van der Waals surface area contributed by atoms with Gasteiger partial charge in [-0.2, -0.15) is 0 Å². The molecule has 0 bridgehead atoms. The average Bonchev–Trinajstić information content (AvgIpc) is 2.84. The van der Waals surface area contributed by atoms with Crippen LogP contribution in [0.1, 0.15) is 43.8 Å². The van der Waals surface area contributed by atoms with Gasteiger partial charge in [-0.1, -0.05) is 6.92 Å². The molecule has 2 N–H and O–H groups in total. The monoisotopic (exact) mass is 267 g/mol. The number of hydrogen-bond acceptors (Lipinski definition) is 4. The summed E-state index contributed by atoms with van der Waals surface area (Å²) >= 11 is 1.78. The molecule has 1 unspecified atom stereocenters. The highest BCUT2D eigenvalue weighted by Gasteiger charge is 2.28. The van der Waals surface area contributed by atoms with Crippen LogP contribution in [-0.4, -0.2) is 24.6 Å². The van der Waals surface area contributed by atoms with Gasteiger partial charge in [0.1, 0.15) is 5.01 Å². The molecule has 0 spiro atoms.